The van der Waals surface area contributed by atoms with Crippen molar-refractivity contribution in [1.82, 2.24) is 0 Å². The predicted octanol–water partition coefficient (Wildman–Crippen LogP) is 4.37. The molecule has 0 fully saturated rings. The molecule has 0 aromatic heterocycles. The zero-order valence-electron chi connectivity index (χ0n) is 18.6. The number of esters is 1. The van der Waals surface area contributed by atoms with Crippen molar-refractivity contribution in [2.75, 3.05) is 12.0 Å². The molecular weight excluding hydrogens is 454 g/mol. The van der Waals surface area contributed by atoms with Crippen molar-refractivity contribution in [2.45, 2.75) is 24.3 Å². The van der Waals surface area contributed by atoms with Crippen LogP contribution in [0.3, 0.4) is 0 Å². The highest BCUT2D eigenvalue weighted by Gasteiger charge is 2.47. The predicted molar refractivity (Wildman–Crippen MR) is 127 cm³/mol. The maximum absolute atomic E-state index is 13.6. The Kier molecular flexibility index (Phi) is 6.26. The summed E-state index contributed by atoms with van der Waals surface area (Å²) in [7, 11) is -2.96. The number of sulfone groups is 1. The second-order valence-electron chi connectivity index (χ2n) is 7.74. The van der Waals surface area contributed by atoms with Crippen molar-refractivity contribution in [3.05, 3.63) is 106 Å². The number of anilines is 1. The zero-order chi connectivity index (χ0) is 24.5. The minimum atomic E-state index is -4.23. The van der Waals surface area contributed by atoms with Gasteiger partial charge in [-0.05, 0) is 53.9 Å². The Hall–Kier alpha value is -3.91. The van der Waals surface area contributed by atoms with E-state index in [1.54, 1.807) is 42.5 Å². The summed E-state index contributed by atoms with van der Waals surface area (Å²) >= 11 is 0. The van der Waals surface area contributed by atoms with Crippen LogP contribution in [0.25, 0.3) is 0 Å². The van der Waals surface area contributed by atoms with E-state index >= 15 is 0 Å². The van der Waals surface area contributed by atoms with Gasteiger partial charge in [0.05, 0.1) is 17.6 Å². The summed E-state index contributed by atoms with van der Waals surface area (Å²) in [6, 6.07) is 19.7. The van der Waals surface area contributed by atoms with Crippen LogP contribution < -0.4 is 4.90 Å². The van der Waals surface area contributed by atoms with Crippen LogP contribution in [0, 0.1) is 0 Å². The number of aryl methyl sites for hydroxylation is 1. The first-order valence-electron chi connectivity index (χ1n) is 10.6. The van der Waals surface area contributed by atoms with Gasteiger partial charge in [0.15, 0.2) is 5.76 Å². The summed E-state index contributed by atoms with van der Waals surface area (Å²) in [5.74, 6) is -2.19. The molecule has 0 saturated heterocycles. The molecule has 0 unspecified atom stereocenters. The average Bonchev–Trinajstić information content (AvgIpc) is 3.15. The first kappa shape index (κ1) is 23.3. The molecule has 0 spiro atoms. The number of carbonyl (C=O) groups excluding carboxylic acids is 2. The van der Waals surface area contributed by atoms with E-state index in [4.69, 9.17) is 4.74 Å². The first-order valence-corrected chi connectivity index (χ1v) is 12.1. The van der Waals surface area contributed by atoms with E-state index < -0.39 is 38.4 Å². The molecule has 1 heterocycles. The Labute approximate surface area is 197 Å². The number of carbonyl (C=O) groups is 2. The van der Waals surface area contributed by atoms with Crippen molar-refractivity contribution < 1.29 is 27.9 Å². The third kappa shape index (κ3) is 3.97. The molecule has 0 aliphatic carbocycles. The Bertz CT molecular complexity index is 1360. The minimum absolute atomic E-state index is 0.0382. The van der Waals surface area contributed by atoms with Crippen molar-refractivity contribution >= 4 is 27.4 Å². The van der Waals surface area contributed by atoms with Crippen LogP contribution in [0.1, 0.15) is 34.5 Å². The number of benzene rings is 3. The summed E-state index contributed by atoms with van der Waals surface area (Å²) in [4.78, 5) is 25.9. The van der Waals surface area contributed by atoms with Crippen LogP contribution in [-0.4, -0.2) is 32.5 Å². The molecule has 0 saturated carbocycles. The molecule has 3 aromatic rings. The first-order chi connectivity index (χ1) is 16.3. The molecule has 1 aliphatic rings. The number of aliphatic hydroxyl groups excluding tert-OH is 1. The van der Waals surface area contributed by atoms with Crippen LogP contribution in [0.4, 0.5) is 5.69 Å². The normalized spacial score (nSPS) is 16.1. The zero-order valence-corrected chi connectivity index (χ0v) is 19.5. The Morgan fingerprint density at radius 1 is 0.971 bits per heavy atom. The smallest absolute Gasteiger partial charge is 0.337 e. The van der Waals surface area contributed by atoms with Crippen LogP contribution >= 0.6 is 0 Å². The molecule has 8 heteroatoms. The molecular formula is C26H23NO6S. The average molecular weight is 478 g/mol. The van der Waals surface area contributed by atoms with Crippen LogP contribution in [0.15, 0.2) is 94.4 Å². The number of nitrogens with zero attached hydrogens (tertiary/aromatic N) is 1. The fourth-order valence-electron chi connectivity index (χ4n) is 3.96. The summed E-state index contributed by atoms with van der Waals surface area (Å²) in [6.07, 6.45) is 0.795. The number of hydrogen-bond acceptors (Lipinski definition) is 6. The molecule has 174 valence electrons. The number of hydrogen-bond donors (Lipinski definition) is 1. The second-order valence-corrected chi connectivity index (χ2v) is 9.66. The van der Waals surface area contributed by atoms with Gasteiger partial charge >= 0.3 is 5.97 Å². The van der Waals surface area contributed by atoms with Crippen molar-refractivity contribution in [3.8, 4) is 0 Å². The lowest BCUT2D eigenvalue weighted by Gasteiger charge is -2.27. The van der Waals surface area contributed by atoms with Crippen LogP contribution in [-0.2, 0) is 25.8 Å². The largest absolute Gasteiger partial charge is 0.502 e. The maximum Gasteiger partial charge on any atom is 0.337 e. The fraction of sp³-hybridized carbons (Fsp3) is 0.154. The molecule has 0 bridgehead atoms. The summed E-state index contributed by atoms with van der Waals surface area (Å²) < 4.78 is 31.9. The van der Waals surface area contributed by atoms with E-state index in [0.717, 1.165) is 12.0 Å². The number of ether oxygens (including phenoxy) is 1. The Morgan fingerprint density at radius 2 is 1.59 bits per heavy atom. The number of methoxy groups -OCH3 is 1. The molecule has 1 atom stereocenters. The van der Waals surface area contributed by atoms with Gasteiger partial charge in [-0.15, -0.1) is 0 Å². The van der Waals surface area contributed by atoms with E-state index in [-0.39, 0.29) is 10.5 Å². The van der Waals surface area contributed by atoms with Gasteiger partial charge in [-0.2, -0.15) is 0 Å². The molecule has 7 nitrogen and oxygen atoms in total. The van der Waals surface area contributed by atoms with Crippen molar-refractivity contribution in [2.24, 2.45) is 0 Å². The Balaban J connectivity index is 1.90. The van der Waals surface area contributed by atoms with Gasteiger partial charge in [-0.1, -0.05) is 49.4 Å². The topological polar surface area (TPSA) is 101 Å². The van der Waals surface area contributed by atoms with Gasteiger partial charge < -0.3 is 9.84 Å². The lowest BCUT2D eigenvalue weighted by Crippen LogP contribution is -2.31. The molecule has 0 radical (unpaired) electrons. The monoisotopic (exact) mass is 477 g/mol. The third-order valence-corrected chi connectivity index (χ3v) is 7.66. The summed E-state index contributed by atoms with van der Waals surface area (Å²) in [6.45, 7) is 2.00. The van der Waals surface area contributed by atoms with Gasteiger partial charge in [-0.25, -0.2) is 13.2 Å². The van der Waals surface area contributed by atoms with Gasteiger partial charge in [-0.3, -0.25) is 9.69 Å². The lowest BCUT2D eigenvalue weighted by molar-refractivity contribution is -0.117. The van der Waals surface area contributed by atoms with Gasteiger partial charge in [0.25, 0.3) is 5.91 Å². The highest BCUT2D eigenvalue weighted by Crippen LogP contribution is 2.44. The van der Waals surface area contributed by atoms with Crippen molar-refractivity contribution in [1.29, 1.82) is 0 Å². The fourth-order valence-corrected chi connectivity index (χ4v) is 5.61. The standard InChI is InChI=1S/C26H23NO6S/c1-3-17-9-15-20(16-10-17)27-22(18-11-13-19(14-12-18)26(30)33-2)24(23(28)25(27)29)34(31,32)21-7-5-4-6-8-21/h4-16,22,28H,3H2,1-2H3/t22-/m0/s1. The maximum atomic E-state index is 13.6. The van der Waals surface area contributed by atoms with Crippen molar-refractivity contribution in [3.63, 3.8) is 0 Å². The SMILES string of the molecule is CCc1ccc(N2C(=O)C(O)=C(S(=O)(=O)c3ccccc3)[C@@H]2c2ccc(C(=O)OC)cc2)cc1. The van der Waals surface area contributed by atoms with Gasteiger partial charge in [0, 0.05) is 5.69 Å². The summed E-state index contributed by atoms with van der Waals surface area (Å²) in [5.41, 5.74) is 2.17. The molecule has 1 amide bonds. The number of rotatable bonds is 6. The second kappa shape index (κ2) is 9.15. The van der Waals surface area contributed by atoms with E-state index in [0.29, 0.717) is 11.3 Å². The highest BCUT2D eigenvalue weighted by atomic mass is 32.2. The molecule has 34 heavy (non-hydrogen) atoms. The third-order valence-electron chi connectivity index (χ3n) is 5.77. The molecule has 4 rings (SSSR count). The molecule has 3 aromatic carbocycles. The number of aliphatic hydroxyl groups is 1. The molecule has 1 aliphatic heterocycles. The molecule has 1 N–H and O–H groups in total. The van der Waals surface area contributed by atoms with E-state index in [1.807, 2.05) is 19.1 Å². The Morgan fingerprint density at radius 3 is 2.15 bits per heavy atom. The minimum Gasteiger partial charge on any atom is -0.502 e. The van der Waals surface area contributed by atoms with E-state index in [1.165, 1.54) is 36.3 Å². The van der Waals surface area contributed by atoms with Crippen LogP contribution in [0.5, 0.6) is 0 Å². The summed E-state index contributed by atoms with van der Waals surface area (Å²) in [5, 5.41) is 10.8. The van der Waals surface area contributed by atoms with Gasteiger partial charge in [0.1, 0.15) is 10.9 Å². The van der Waals surface area contributed by atoms with E-state index in [9.17, 15) is 23.1 Å². The van der Waals surface area contributed by atoms with Crippen LogP contribution in [0.2, 0.25) is 0 Å². The quantitative estimate of drug-likeness (QED) is 0.529. The van der Waals surface area contributed by atoms with Gasteiger partial charge in [0.2, 0.25) is 9.84 Å². The lowest BCUT2D eigenvalue weighted by atomic mass is 10.0. The van der Waals surface area contributed by atoms with E-state index in [2.05, 4.69) is 0 Å². The number of amides is 1. The highest BCUT2D eigenvalue weighted by molar-refractivity contribution is 7.95.